The molecule has 0 rings (SSSR count). The number of hydrogen-bond acceptors (Lipinski definition) is 4. The van der Waals surface area contributed by atoms with E-state index in [0.29, 0.717) is 0 Å². The van der Waals surface area contributed by atoms with E-state index in [-0.39, 0.29) is 5.91 Å². The SMILES string of the molecule is CC(NC(=O)C(C)(C)C)C(=O)N[C@@H](CC(=O)O)C(=O)O. The van der Waals surface area contributed by atoms with Crippen molar-refractivity contribution >= 4 is 23.8 Å². The molecule has 8 heteroatoms. The molecule has 0 aromatic heterocycles. The summed E-state index contributed by atoms with van der Waals surface area (Å²) in [5, 5.41) is 21.8. The topological polar surface area (TPSA) is 133 Å². The van der Waals surface area contributed by atoms with Gasteiger partial charge in [-0.25, -0.2) is 4.79 Å². The van der Waals surface area contributed by atoms with Crippen molar-refractivity contribution in [1.82, 2.24) is 10.6 Å². The fourth-order valence-corrected chi connectivity index (χ4v) is 1.15. The van der Waals surface area contributed by atoms with Gasteiger partial charge in [0.25, 0.3) is 0 Å². The van der Waals surface area contributed by atoms with Crippen LogP contribution in [0.4, 0.5) is 0 Å². The number of hydrogen-bond donors (Lipinski definition) is 4. The van der Waals surface area contributed by atoms with Crippen LogP contribution in [0, 0.1) is 5.41 Å². The average molecular weight is 288 g/mol. The van der Waals surface area contributed by atoms with Gasteiger partial charge >= 0.3 is 11.9 Å². The van der Waals surface area contributed by atoms with Gasteiger partial charge in [-0.15, -0.1) is 0 Å². The van der Waals surface area contributed by atoms with Crippen LogP contribution >= 0.6 is 0 Å². The third-order valence-electron chi connectivity index (χ3n) is 2.42. The molecule has 0 aliphatic carbocycles. The lowest BCUT2D eigenvalue weighted by molar-refractivity contribution is -0.147. The van der Waals surface area contributed by atoms with E-state index in [1.54, 1.807) is 20.8 Å². The molecule has 0 aromatic rings. The molecule has 0 heterocycles. The molecule has 0 saturated heterocycles. The van der Waals surface area contributed by atoms with Crippen molar-refractivity contribution in [3.8, 4) is 0 Å². The summed E-state index contributed by atoms with van der Waals surface area (Å²) >= 11 is 0. The predicted octanol–water partition coefficient (Wildman–Crippen LogP) is -0.419. The van der Waals surface area contributed by atoms with Crippen LogP contribution in [0.1, 0.15) is 34.1 Å². The lowest BCUT2D eigenvalue weighted by Gasteiger charge is -2.22. The van der Waals surface area contributed by atoms with Crippen LogP contribution in [0.3, 0.4) is 0 Å². The van der Waals surface area contributed by atoms with Gasteiger partial charge < -0.3 is 20.8 Å². The first kappa shape index (κ1) is 17.9. The number of carboxylic acids is 2. The Labute approximate surface area is 116 Å². The fraction of sp³-hybridized carbons (Fsp3) is 0.667. The van der Waals surface area contributed by atoms with Gasteiger partial charge in [-0.05, 0) is 6.92 Å². The van der Waals surface area contributed by atoms with Crippen LogP contribution in [0.2, 0.25) is 0 Å². The summed E-state index contributed by atoms with van der Waals surface area (Å²) in [7, 11) is 0. The molecule has 0 aliphatic rings. The minimum absolute atomic E-state index is 0.370. The van der Waals surface area contributed by atoms with Crippen LogP contribution in [0.15, 0.2) is 0 Å². The normalized spacial score (nSPS) is 14.0. The first-order chi connectivity index (χ1) is 8.95. The van der Waals surface area contributed by atoms with Gasteiger partial charge in [0.2, 0.25) is 11.8 Å². The molecule has 0 saturated carbocycles. The fourth-order valence-electron chi connectivity index (χ4n) is 1.15. The van der Waals surface area contributed by atoms with Crippen molar-refractivity contribution in [2.75, 3.05) is 0 Å². The zero-order chi connectivity index (χ0) is 16.1. The van der Waals surface area contributed by atoms with Crippen LogP contribution < -0.4 is 10.6 Å². The largest absolute Gasteiger partial charge is 0.481 e. The maximum atomic E-state index is 11.7. The van der Waals surface area contributed by atoms with Crippen molar-refractivity contribution in [2.45, 2.75) is 46.2 Å². The molecule has 0 aromatic carbocycles. The molecule has 0 aliphatic heterocycles. The first-order valence-corrected chi connectivity index (χ1v) is 6.01. The molecular formula is C12H20N2O6. The van der Waals surface area contributed by atoms with E-state index in [1.165, 1.54) is 6.92 Å². The maximum absolute atomic E-state index is 11.7. The monoisotopic (exact) mass is 288 g/mol. The Kier molecular flexibility index (Phi) is 6.15. The van der Waals surface area contributed by atoms with E-state index >= 15 is 0 Å². The third kappa shape index (κ3) is 6.17. The smallest absolute Gasteiger partial charge is 0.326 e. The second-order valence-electron chi connectivity index (χ2n) is 5.44. The Bertz CT molecular complexity index is 413. The highest BCUT2D eigenvalue weighted by Gasteiger charge is 2.28. The third-order valence-corrected chi connectivity index (χ3v) is 2.42. The number of nitrogens with one attached hydrogen (secondary N) is 2. The Balaban J connectivity index is 4.62. The molecular weight excluding hydrogens is 268 g/mol. The summed E-state index contributed by atoms with van der Waals surface area (Å²) in [4.78, 5) is 44.7. The Hall–Kier alpha value is -2.12. The summed E-state index contributed by atoms with van der Waals surface area (Å²) in [5.41, 5.74) is -0.693. The second-order valence-corrected chi connectivity index (χ2v) is 5.44. The minimum atomic E-state index is -1.53. The van der Waals surface area contributed by atoms with Crippen molar-refractivity contribution < 1.29 is 29.4 Å². The predicted molar refractivity (Wildman–Crippen MR) is 68.9 cm³/mol. The van der Waals surface area contributed by atoms with Gasteiger partial charge in [-0.1, -0.05) is 20.8 Å². The maximum Gasteiger partial charge on any atom is 0.326 e. The summed E-state index contributed by atoms with van der Waals surface area (Å²) in [5.74, 6) is -3.92. The van der Waals surface area contributed by atoms with E-state index < -0.39 is 41.8 Å². The van der Waals surface area contributed by atoms with Gasteiger partial charge in [0, 0.05) is 5.41 Å². The molecule has 4 N–H and O–H groups in total. The molecule has 0 bridgehead atoms. The van der Waals surface area contributed by atoms with Gasteiger partial charge in [0.1, 0.15) is 12.1 Å². The van der Waals surface area contributed by atoms with Crippen molar-refractivity contribution in [1.29, 1.82) is 0 Å². The van der Waals surface area contributed by atoms with E-state index in [1.807, 2.05) is 0 Å². The number of aliphatic carboxylic acids is 2. The molecule has 0 radical (unpaired) electrons. The standard InChI is InChI=1S/C12H20N2O6/c1-6(13-11(20)12(2,3)4)9(17)14-7(10(18)19)5-8(15)16/h6-7H,5H2,1-4H3,(H,13,20)(H,14,17)(H,15,16)(H,18,19)/t6?,7-/m0/s1. The van der Waals surface area contributed by atoms with Crippen molar-refractivity contribution in [3.63, 3.8) is 0 Å². The van der Waals surface area contributed by atoms with Gasteiger partial charge in [-0.2, -0.15) is 0 Å². The van der Waals surface area contributed by atoms with Gasteiger partial charge in [0.15, 0.2) is 0 Å². The molecule has 0 fully saturated rings. The van der Waals surface area contributed by atoms with Crippen LogP contribution in [0.25, 0.3) is 0 Å². The Morgan fingerprint density at radius 1 is 1.05 bits per heavy atom. The Morgan fingerprint density at radius 2 is 1.55 bits per heavy atom. The van der Waals surface area contributed by atoms with Crippen molar-refractivity contribution in [3.05, 3.63) is 0 Å². The number of carbonyl (C=O) groups excluding carboxylic acids is 2. The number of amides is 2. The number of carbonyl (C=O) groups is 4. The van der Waals surface area contributed by atoms with E-state index in [9.17, 15) is 19.2 Å². The van der Waals surface area contributed by atoms with Crippen LogP contribution in [0.5, 0.6) is 0 Å². The zero-order valence-corrected chi connectivity index (χ0v) is 11.9. The first-order valence-electron chi connectivity index (χ1n) is 6.01. The van der Waals surface area contributed by atoms with Crippen LogP contribution in [-0.4, -0.2) is 46.0 Å². The van der Waals surface area contributed by atoms with E-state index in [0.717, 1.165) is 0 Å². The van der Waals surface area contributed by atoms with Gasteiger partial charge in [0.05, 0.1) is 6.42 Å². The minimum Gasteiger partial charge on any atom is -0.481 e. The summed E-state index contributed by atoms with van der Waals surface area (Å²) in [6, 6.07) is -2.49. The highest BCUT2D eigenvalue weighted by atomic mass is 16.4. The van der Waals surface area contributed by atoms with Crippen LogP contribution in [-0.2, 0) is 19.2 Å². The zero-order valence-electron chi connectivity index (χ0n) is 11.9. The second kappa shape index (κ2) is 6.88. The van der Waals surface area contributed by atoms with E-state index in [4.69, 9.17) is 10.2 Å². The molecule has 2 atom stereocenters. The van der Waals surface area contributed by atoms with Gasteiger partial charge in [-0.3, -0.25) is 14.4 Å². The van der Waals surface area contributed by atoms with E-state index in [2.05, 4.69) is 10.6 Å². The lowest BCUT2D eigenvalue weighted by Crippen LogP contribution is -2.52. The molecule has 8 nitrogen and oxygen atoms in total. The molecule has 1 unspecified atom stereocenters. The molecule has 20 heavy (non-hydrogen) atoms. The quantitative estimate of drug-likeness (QED) is 0.524. The molecule has 114 valence electrons. The number of carboxylic acid groups (broad SMARTS) is 2. The highest BCUT2D eigenvalue weighted by molar-refractivity contribution is 5.92. The van der Waals surface area contributed by atoms with Crippen molar-refractivity contribution in [2.24, 2.45) is 5.41 Å². The Morgan fingerprint density at radius 3 is 1.90 bits per heavy atom. The lowest BCUT2D eigenvalue weighted by atomic mass is 9.95. The highest BCUT2D eigenvalue weighted by Crippen LogP contribution is 2.12. The summed E-state index contributed by atoms with van der Waals surface area (Å²) in [6.07, 6.45) is -0.735. The summed E-state index contributed by atoms with van der Waals surface area (Å²) in [6.45, 7) is 6.38. The average Bonchev–Trinajstić information content (AvgIpc) is 2.25. The summed E-state index contributed by atoms with van der Waals surface area (Å²) < 4.78 is 0. The number of rotatable bonds is 6. The molecule has 2 amide bonds. The molecule has 0 spiro atoms.